The van der Waals surface area contributed by atoms with E-state index in [4.69, 9.17) is 0 Å². The summed E-state index contributed by atoms with van der Waals surface area (Å²) in [5.41, 5.74) is -1.25. The molecule has 0 heterocycles. The zero-order chi connectivity index (χ0) is 22.1. The number of ether oxygens (including phenoxy) is 1. The number of Topliss-reactive ketones (excluding diaryl/α,β-unsaturated/α-hetero) is 1. The average Bonchev–Trinajstić information content (AvgIpc) is 2.93. The van der Waals surface area contributed by atoms with Crippen molar-refractivity contribution >= 4 is 17.5 Å². The highest BCUT2D eigenvalue weighted by atomic mass is 16.8. The van der Waals surface area contributed by atoms with Gasteiger partial charge in [-0.15, -0.1) is 0 Å². The van der Waals surface area contributed by atoms with Crippen molar-refractivity contribution in [3.05, 3.63) is 35.5 Å². The Morgan fingerprint density at radius 3 is 2.60 bits per heavy atom. The summed E-state index contributed by atoms with van der Waals surface area (Å²) < 4.78 is 4.40. The number of ketones is 2. The Morgan fingerprint density at radius 1 is 1.23 bits per heavy atom. The second-order valence-electron chi connectivity index (χ2n) is 9.57. The highest BCUT2D eigenvalue weighted by molar-refractivity contribution is 6.01. The van der Waals surface area contributed by atoms with E-state index in [1.165, 1.54) is 0 Å². The quantitative estimate of drug-likeness (QED) is 0.364. The molecule has 30 heavy (non-hydrogen) atoms. The van der Waals surface area contributed by atoms with Crippen LogP contribution in [0.1, 0.15) is 52.9 Å². The van der Waals surface area contributed by atoms with Gasteiger partial charge < -0.3 is 20.1 Å². The van der Waals surface area contributed by atoms with E-state index in [2.05, 4.69) is 11.7 Å². The lowest BCUT2D eigenvalue weighted by Gasteiger charge is -2.56. The van der Waals surface area contributed by atoms with E-state index in [-0.39, 0.29) is 29.5 Å². The van der Waals surface area contributed by atoms with E-state index in [0.717, 1.165) is 30.9 Å². The molecule has 4 rings (SSSR count). The summed E-state index contributed by atoms with van der Waals surface area (Å²) in [5, 5.41) is 31.5. The third-order valence-electron chi connectivity index (χ3n) is 8.06. The molecule has 7 heteroatoms. The van der Waals surface area contributed by atoms with Gasteiger partial charge in [-0.25, -0.2) is 0 Å². The smallest absolute Gasteiger partial charge is 0.391 e. The lowest BCUT2D eigenvalue weighted by Crippen LogP contribution is -2.62. The van der Waals surface area contributed by atoms with Gasteiger partial charge >= 0.3 is 11.9 Å². The lowest BCUT2D eigenvalue weighted by atomic mass is 9.48. The van der Waals surface area contributed by atoms with E-state index < -0.39 is 28.7 Å². The Morgan fingerprint density at radius 2 is 1.93 bits per heavy atom. The van der Waals surface area contributed by atoms with Crippen molar-refractivity contribution in [2.24, 2.45) is 22.7 Å². The Kier molecular flexibility index (Phi) is 4.55. The van der Waals surface area contributed by atoms with Gasteiger partial charge in [0.2, 0.25) is 0 Å². The van der Waals surface area contributed by atoms with E-state index >= 15 is 0 Å². The van der Waals surface area contributed by atoms with E-state index in [9.17, 15) is 29.7 Å². The highest BCUT2D eigenvalue weighted by Crippen LogP contribution is 2.65. The number of rotatable bonds is 3. The number of carbonyl (C=O) groups excluding carboxylic acids is 3. The van der Waals surface area contributed by atoms with Crippen molar-refractivity contribution in [1.82, 2.24) is 0 Å². The summed E-state index contributed by atoms with van der Waals surface area (Å²) in [6.45, 7) is 4.87. The van der Waals surface area contributed by atoms with Gasteiger partial charge in [-0.2, -0.15) is 0 Å². The van der Waals surface area contributed by atoms with Gasteiger partial charge in [0.05, 0.1) is 0 Å². The van der Waals surface area contributed by atoms with Gasteiger partial charge in [-0.1, -0.05) is 37.1 Å². The molecule has 162 valence electrons. The Labute approximate surface area is 175 Å². The number of fused-ring (bicyclic) bond motifs is 5. The van der Waals surface area contributed by atoms with Crippen LogP contribution in [0.15, 0.2) is 35.5 Å². The first-order valence-electron chi connectivity index (χ1n) is 10.4. The van der Waals surface area contributed by atoms with Crippen molar-refractivity contribution in [2.45, 2.75) is 64.4 Å². The first-order valence-corrected chi connectivity index (χ1v) is 10.4. The van der Waals surface area contributed by atoms with Crippen molar-refractivity contribution in [1.29, 1.82) is 0 Å². The molecule has 0 amide bonds. The summed E-state index contributed by atoms with van der Waals surface area (Å²) in [6.07, 6.45) is 9.83. The summed E-state index contributed by atoms with van der Waals surface area (Å²) in [4.78, 5) is 36.0. The normalized spacial score (nSPS) is 40.0. The van der Waals surface area contributed by atoms with Crippen molar-refractivity contribution in [3.63, 3.8) is 0 Å². The number of aliphatic hydroxyl groups is 3. The maximum atomic E-state index is 13.0. The molecule has 5 atom stereocenters. The molecule has 3 N–H and O–H groups in total. The summed E-state index contributed by atoms with van der Waals surface area (Å²) >= 11 is 0. The van der Waals surface area contributed by atoms with Gasteiger partial charge in [0.15, 0.2) is 5.78 Å². The number of hydrogen-bond donors (Lipinski definition) is 3. The number of carbonyl (C=O) groups is 3. The molecule has 7 nitrogen and oxygen atoms in total. The SMILES string of the molecule is CC(=O)OC(O)(O)C(=O)[C@@]1(O)CC=C2[C@@H]3CCC4=CC(=O)C=C[C@]4(C)[C@H]3CC[C@@]21C. The summed E-state index contributed by atoms with van der Waals surface area (Å²) in [7, 11) is 0. The van der Waals surface area contributed by atoms with Crippen LogP contribution >= 0.6 is 0 Å². The minimum Gasteiger partial charge on any atom is -0.402 e. The Bertz CT molecular complexity index is 926. The van der Waals surface area contributed by atoms with Gasteiger partial charge in [0, 0.05) is 24.2 Å². The first kappa shape index (κ1) is 21.2. The zero-order valence-electron chi connectivity index (χ0n) is 17.5. The molecule has 0 saturated heterocycles. The molecule has 0 bridgehead atoms. The molecule has 0 spiro atoms. The molecular formula is C23H28O7. The fourth-order valence-corrected chi connectivity index (χ4v) is 6.41. The van der Waals surface area contributed by atoms with Gasteiger partial charge in [-0.05, 0) is 49.7 Å². The second-order valence-corrected chi connectivity index (χ2v) is 9.57. The van der Waals surface area contributed by atoms with Crippen LogP contribution in [0.5, 0.6) is 0 Å². The Balaban J connectivity index is 1.67. The first-order chi connectivity index (χ1) is 13.8. The second kappa shape index (κ2) is 6.45. The van der Waals surface area contributed by atoms with E-state index in [0.29, 0.717) is 12.8 Å². The molecule has 2 fully saturated rings. The molecule has 0 aromatic rings. The van der Waals surface area contributed by atoms with Gasteiger partial charge in [0.1, 0.15) is 5.60 Å². The fourth-order valence-electron chi connectivity index (χ4n) is 6.41. The van der Waals surface area contributed by atoms with Crippen LogP contribution in [0.4, 0.5) is 0 Å². The molecule has 4 aliphatic carbocycles. The minimum atomic E-state index is -3.38. The minimum absolute atomic E-state index is 0.00864. The molecule has 0 aromatic heterocycles. The van der Waals surface area contributed by atoms with Crippen LogP contribution in [0.25, 0.3) is 0 Å². The summed E-state index contributed by atoms with van der Waals surface area (Å²) in [6, 6.07) is 0. The lowest BCUT2D eigenvalue weighted by molar-refractivity contribution is -0.306. The molecule has 0 aromatic carbocycles. The van der Waals surface area contributed by atoms with Gasteiger partial charge in [0.25, 0.3) is 5.78 Å². The molecular weight excluding hydrogens is 388 g/mol. The van der Waals surface area contributed by atoms with E-state index in [1.807, 2.05) is 12.2 Å². The van der Waals surface area contributed by atoms with Crippen LogP contribution in [0.3, 0.4) is 0 Å². The average molecular weight is 416 g/mol. The maximum absolute atomic E-state index is 13.0. The maximum Gasteiger partial charge on any atom is 0.391 e. The molecule has 0 radical (unpaired) electrons. The van der Waals surface area contributed by atoms with Crippen LogP contribution < -0.4 is 0 Å². The largest absolute Gasteiger partial charge is 0.402 e. The Hall–Kier alpha value is -2.09. The van der Waals surface area contributed by atoms with Gasteiger partial charge in [-0.3, -0.25) is 14.4 Å². The van der Waals surface area contributed by atoms with Crippen molar-refractivity contribution < 1.29 is 34.4 Å². The number of hydrogen-bond acceptors (Lipinski definition) is 7. The molecule has 2 saturated carbocycles. The fraction of sp³-hybridized carbons (Fsp3) is 0.609. The van der Waals surface area contributed by atoms with Crippen LogP contribution in [0.2, 0.25) is 0 Å². The predicted molar refractivity (Wildman–Crippen MR) is 105 cm³/mol. The standard InChI is InChI=1S/C23H28O7/c1-13(24)30-23(28,29)19(26)22(27)11-8-18-16-5-4-14-12-15(25)6-9-20(14,2)17(16)7-10-21(18,22)3/h6,8-9,12,16-17,27-29H,4-5,7,10-11H2,1-3H3/t16-,17+,20+,21+,22+/m1/s1. The zero-order valence-corrected chi connectivity index (χ0v) is 17.5. The predicted octanol–water partition coefficient (Wildman–Crippen LogP) is 1.72. The summed E-state index contributed by atoms with van der Waals surface area (Å²) in [5.74, 6) is -5.40. The van der Waals surface area contributed by atoms with Crippen molar-refractivity contribution in [2.75, 3.05) is 0 Å². The van der Waals surface area contributed by atoms with Crippen LogP contribution in [-0.4, -0.2) is 44.4 Å². The van der Waals surface area contributed by atoms with Crippen LogP contribution in [-0.2, 0) is 19.1 Å². The molecule has 0 aliphatic heterocycles. The monoisotopic (exact) mass is 416 g/mol. The molecule has 0 unspecified atom stereocenters. The molecule has 4 aliphatic rings. The third kappa shape index (κ3) is 2.72. The number of allylic oxidation sites excluding steroid dienone is 4. The highest BCUT2D eigenvalue weighted by Gasteiger charge is 2.66. The van der Waals surface area contributed by atoms with Crippen LogP contribution in [0, 0.1) is 22.7 Å². The third-order valence-corrected chi connectivity index (χ3v) is 8.06. The van der Waals surface area contributed by atoms with Crippen molar-refractivity contribution in [3.8, 4) is 0 Å². The van der Waals surface area contributed by atoms with E-state index in [1.54, 1.807) is 19.1 Å². The topological polar surface area (TPSA) is 121 Å². The number of esters is 1.